The Hall–Kier alpha value is -1.85. The van der Waals surface area contributed by atoms with Gasteiger partial charge in [-0.05, 0) is 37.4 Å². The number of amides is 1. The molecule has 1 amide bonds. The molecule has 0 aliphatic carbocycles. The smallest absolute Gasteiger partial charge is 0.256 e. The number of thiophene rings is 1. The van der Waals surface area contributed by atoms with E-state index in [2.05, 4.69) is 5.43 Å². The summed E-state index contributed by atoms with van der Waals surface area (Å²) in [5.41, 5.74) is 3.83. The van der Waals surface area contributed by atoms with E-state index in [1.165, 1.54) is 4.88 Å². The first-order chi connectivity index (χ1) is 9.63. The van der Waals surface area contributed by atoms with Gasteiger partial charge in [-0.25, -0.2) is 0 Å². The molecule has 0 bridgehead atoms. The lowest BCUT2D eigenvalue weighted by Crippen LogP contribution is -2.36. The number of nitrogens with one attached hydrogen (secondary N) is 1. The summed E-state index contributed by atoms with van der Waals surface area (Å²) in [7, 11) is 0. The molecule has 2 rings (SSSR count). The molecule has 2 aromatic rings. The molecule has 0 unspecified atom stereocenters. The molecule has 3 N–H and O–H groups in total. The standard InChI is InChI=1S/C15H19N3OS/c1-11(2)18(10-12-6-5-9-20-12)15(19)13-7-3-4-8-14(13)17-16/h3-9,11,17H,10,16H2,1-2H3. The molecule has 0 saturated heterocycles. The molecule has 5 heteroatoms. The van der Waals surface area contributed by atoms with Crippen molar-refractivity contribution < 1.29 is 4.79 Å². The maximum absolute atomic E-state index is 12.7. The predicted octanol–water partition coefficient (Wildman–Crippen LogP) is 3.08. The van der Waals surface area contributed by atoms with Gasteiger partial charge in [0.15, 0.2) is 0 Å². The number of para-hydroxylation sites is 1. The van der Waals surface area contributed by atoms with Gasteiger partial charge in [0.05, 0.1) is 17.8 Å². The summed E-state index contributed by atoms with van der Waals surface area (Å²) < 4.78 is 0. The van der Waals surface area contributed by atoms with Crippen LogP contribution in [0.5, 0.6) is 0 Å². The van der Waals surface area contributed by atoms with Crippen molar-refractivity contribution in [3.05, 3.63) is 52.2 Å². The number of rotatable bonds is 5. The molecule has 0 atom stereocenters. The Bertz CT molecular complexity index is 566. The van der Waals surface area contributed by atoms with Crippen LogP contribution in [0.15, 0.2) is 41.8 Å². The lowest BCUT2D eigenvalue weighted by atomic mass is 10.1. The van der Waals surface area contributed by atoms with Crippen LogP contribution >= 0.6 is 11.3 Å². The fourth-order valence-corrected chi connectivity index (χ4v) is 2.71. The Morgan fingerprint density at radius 3 is 2.65 bits per heavy atom. The Kier molecular flexibility index (Phi) is 4.76. The van der Waals surface area contributed by atoms with Crippen LogP contribution in [0, 0.1) is 0 Å². The molecule has 0 saturated carbocycles. The Balaban J connectivity index is 2.27. The monoisotopic (exact) mass is 289 g/mol. The lowest BCUT2D eigenvalue weighted by Gasteiger charge is -2.27. The van der Waals surface area contributed by atoms with Crippen LogP contribution in [0.25, 0.3) is 0 Å². The average molecular weight is 289 g/mol. The summed E-state index contributed by atoms with van der Waals surface area (Å²) >= 11 is 1.66. The van der Waals surface area contributed by atoms with Crippen molar-refractivity contribution in [2.75, 3.05) is 5.43 Å². The molecule has 4 nitrogen and oxygen atoms in total. The summed E-state index contributed by atoms with van der Waals surface area (Å²) in [4.78, 5) is 15.7. The SMILES string of the molecule is CC(C)N(Cc1cccs1)C(=O)c1ccccc1NN. The lowest BCUT2D eigenvalue weighted by molar-refractivity contribution is 0.0693. The Morgan fingerprint density at radius 1 is 1.30 bits per heavy atom. The van der Waals surface area contributed by atoms with Crippen LogP contribution in [0.2, 0.25) is 0 Å². The van der Waals surface area contributed by atoms with Crippen molar-refractivity contribution in [3.8, 4) is 0 Å². The zero-order valence-corrected chi connectivity index (χ0v) is 12.5. The molecule has 1 heterocycles. The molecule has 1 aromatic carbocycles. The fraction of sp³-hybridized carbons (Fsp3) is 0.267. The zero-order chi connectivity index (χ0) is 14.5. The van der Waals surface area contributed by atoms with Gasteiger partial charge in [-0.2, -0.15) is 0 Å². The number of nitrogen functional groups attached to an aromatic ring is 1. The van der Waals surface area contributed by atoms with Crippen LogP contribution in [0.1, 0.15) is 29.1 Å². The third-order valence-electron chi connectivity index (χ3n) is 3.10. The molecular weight excluding hydrogens is 270 g/mol. The van der Waals surface area contributed by atoms with Crippen LogP contribution < -0.4 is 11.3 Å². The van der Waals surface area contributed by atoms with Gasteiger partial charge < -0.3 is 10.3 Å². The predicted molar refractivity (Wildman–Crippen MR) is 83.6 cm³/mol. The van der Waals surface area contributed by atoms with Crippen LogP contribution in [0.4, 0.5) is 5.69 Å². The van der Waals surface area contributed by atoms with E-state index in [1.54, 1.807) is 23.5 Å². The first kappa shape index (κ1) is 14.6. The van der Waals surface area contributed by atoms with Gasteiger partial charge in [-0.1, -0.05) is 18.2 Å². The van der Waals surface area contributed by atoms with Gasteiger partial charge in [-0.3, -0.25) is 10.6 Å². The maximum atomic E-state index is 12.7. The summed E-state index contributed by atoms with van der Waals surface area (Å²) in [6, 6.07) is 11.5. The fourth-order valence-electron chi connectivity index (χ4n) is 2.01. The average Bonchev–Trinajstić information content (AvgIpc) is 2.96. The number of hydrazine groups is 1. The second-order valence-corrected chi connectivity index (χ2v) is 5.83. The Labute approximate surface area is 123 Å². The molecule has 0 aliphatic heterocycles. The number of nitrogens with two attached hydrogens (primary N) is 1. The minimum atomic E-state index is -0.0121. The molecular formula is C15H19N3OS. The highest BCUT2D eigenvalue weighted by atomic mass is 32.1. The van der Waals surface area contributed by atoms with E-state index in [0.29, 0.717) is 17.8 Å². The van der Waals surface area contributed by atoms with Crippen molar-refractivity contribution in [2.24, 2.45) is 5.84 Å². The minimum absolute atomic E-state index is 0.0121. The van der Waals surface area contributed by atoms with Gasteiger partial charge in [0.2, 0.25) is 0 Å². The number of anilines is 1. The van der Waals surface area contributed by atoms with E-state index in [9.17, 15) is 4.79 Å². The number of hydrogen-bond donors (Lipinski definition) is 2. The normalized spacial score (nSPS) is 10.6. The molecule has 0 spiro atoms. The van der Waals surface area contributed by atoms with Crippen LogP contribution in [-0.2, 0) is 6.54 Å². The highest BCUT2D eigenvalue weighted by Crippen LogP contribution is 2.20. The number of carbonyl (C=O) groups excluding carboxylic acids is 1. The van der Waals surface area contributed by atoms with Gasteiger partial charge in [0, 0.05) is 10.9 Å². The summed E-state index contributed by atoms with van der Waals surface area (Å²) in [5, 5.41) is 2.02. The molecule has 0 aliphatic rings. The quantitative estimate of drug-likeness (QED) is 0.657. The second kappa shape index (κ2) is 6.54. The van der Waals surface area contributed by atoms with E-state index >= 15 is 0 Å². The van der Waals surface area contributed by atoms with Crippen molar-refractivity contribution in [3.63, 3.8) is 0 Å². The van der Waals surface area contributed by atoms with E-state index in [4.69, 9.17) is 5.84 Å². The van der Waals surface area contributed by atoms with E-state index < -0.39 is 0 Å². The van der Waals surface area contributed by atoms with E-state index in [-0.39, 0.29) is 11.9 Å². The molecule has 106 valence electrons. The molecule has 20 heavy (non-hydrogen) atoms. The third-order valence-corrected chi connectivity index (χ3v) is 3.96. The first-order valence-corrected chi connectivity index (χ1v) is 7.40. The molecule has 0 fully saturated rings. The third kappa shape index (κ3) is 3.18. The zero-order valence-electron chi connectivity index (χ0n) is 11.7. The van der Waals surface area contributed by atoms with Crippen LogP contribution in [0.3, 0.4) is 0 Å². The highest BCUT2D eigenvalue weighted by molar-refractivity contribution is 7.09. The van der Waals surface area contributed by atoms with E-state index in [0.717, 1.165) is 0 Å². The van der Waals surface area contributed by atoms with Gasteiger partial charge in [-0.15, -0.1) is 11.3 Å². The van der Waals surface area contributed by atoms with Crippen molar-refractivity contribution in [1.82, 2.24) is 4.90 Å². The van der Waals surface area contributed by atoms with Gasteiger partial charge in [0.1, 0.15) is 0 Å². The number of benzene rings is 1. The number of nitrogens with zero attached hydrogens (tertiary/aromatic N) is 1. The first-order valence-electron chi connectivity index (χ1n) is 6.52. The van der Waals surface area contributed by atoms with E-state index in [1.807, 2.05) is 48.4 Å². The van der Waals surface area contributed by atoms with Crippen molar-refractivity contribution in [2.45, 2.75) is 26.4 Å². The maximum Gasteiger partial charge on any atom is 0.256 e. The molecule has 1 aromatic heterocycles. The van der Waals surface area contributed by atoms with Crippen LogP contribution in [-0.4, -0.2) is 16.8 Å². The number of carbonyl (C=O) groups is 1. The minimum Gasteiger partial charge on any atom is -0.331 e. The second-order valence-electron chi connectivity index (χ2n) is 4.80. The summed E-state index contributed by atoms with van der Waals surface area (Å²) in [6.07, 6.45) is 0. The summed E-state index contributed by atoms with van der Waals surface area (Å²) in [6.45, 7) is 4.65. The summed E-state index contributed by atoms with van der Waals surface area (Å²) in [5.74, 6) is 5.47. The number of hydrogen-bond acceptors (Lipinski definition) is 4. The Morgan fingerprint density at radius 2 is 2.05 bits per heavy atom. The topological polar surface area (TPSA) is 58.4 Å². The molecule has 0 radical (unpaired) electrons. The van der Waals surface area contributed by atoms with Crippen molar-refractivity contribution >= 4 is 22.9 Å². The highest BCUT2D eigenvalue weighted by Gasteiger charge is 2.21. The van der Waals surface area contributed by atoms with Gasteiger partial charge in [0.25, 0.3) is 5.91 Å². The van der Waals surface area contributed by atoms with Crippen molar-refractivity contribution in [1.29, 1.82) is 0 Å². The largest absolute Gasteiger partial charge is 0.331 e. The van der Waals surface area contributed by atoms with Gasteiger partial charge >= 0.3 is 0 Å².